The highest BCUT2D eigenvalue weighted by Gasteiger charge is 2.50. The van der Waals surface area contributed by atoms with Crippen LogP contribution in [0.3, 0.4) is 0 Å². The van der Waals surface area contributed by atoms with Crippen LogP contribution in [0.25, 0.3) is 37.0 Å². The van der Waals surface area contributed by atoms with Crippen molar-refractivity contribution >= 4 is 128 Å². The molecule has 0 radical (unpaired) electrons. The molecular formula is C55H70N2O3S8. The lowest BCUT2D eigenvalue weighted by Crippen LogP contribution is -2.34. The molecule has 0 aliphatic carbocycles. The van der Waals surface area contributed by atoms with E-state index in [1.54, 1.807) is 22.7 Å². The van der Waals surface area contributed by atoms with Crippen molar-refractivity contribution in [3.8, 4) is 19.5 Å². The van der Waals surface area contributed by atoms with Crippen molar-refractivity contribution in [3.05, 3.63) is 91.9 Å². The number of amides is 2. The van der Waals surface area contributed by atoms with E-state index < -0.39 is 0 Å². The maximum Gasteiger partial charge on any atom is 0.261 e. The number of unbranched alkanes of at least 4 members (excludes halogenated alkanes) is 8. The second-order valence-electron chi connectivity index (χ2n) is 18.0. The largest absolute Gasteiger partial charge is 0.306 e. The van der Waals surface area contributed by atoms with Crippen molar-refractivity contribution in [2.75, 3.05) is 24.6 Å². The second-order valence-corrected chi connectivity index (χ2v) is 27.5. The minimum atomic E-state index is -0.0520. The molecule has 2 amide bonds. The van der Waals surface area contributed by atoms with Gasteiger partial charge in [-0.1, -0.05) is 142 Å². The van der Waals surface area contributed by atoms with Crippen LogP contribution in [0.4, 0.5) is 0 Å². The average Bonchev–Trinajstić information content (AvgIpc) is 4.23. The lowest BCUT2D eigenvalue weighted by molar-refractivity contribution is -0.124. The van der Waals surface area contributed by atoms with Gasteiger partial charge in [-0.25, -0.2) is 0 Å². The molecule has 0 bridgehead atoms. The van der Waals surface area contributed by atoms with E-state index in [4.69, 9.17) is 0 Å². The number of hydrogen-bond acceptors (Lipinski definition) is 11. The Morgan fingerprint density at radius 2 is 0.912 bits per heavy atom. The van der Waals surface area contributed by atoms with Gasteiger partial charge in [0.1, 0.15) is 0 Å². The number of hydrogen-bond donors (Lipinski definition) is 0. The molecule has 0 saturated carbocycles. The Morgan fingerprint density at radius 1 is 0.500 bits per heavy atom. The molecule has 4 aromatic heterocycles. The molecule has 13 heteroatoms. The van der Waals surface area contributed by atoms with Crippen LogP contribution < -0.4 is 0 Å². The van der Waals surface area contributed by atoms with E-state index in [1.807, 2.05) is 56.8 Å². The minimum Gasteiger partial charge on any atom is -0.306 e. The summed E-state index contributed by atoms with van der Waals surface area (Å²) in [6.45, 7) is 14.6. The topological polar surface area (TPSA) is 57.7 Å². The zero-order valence-corrected chi connectivity index (χ0v) is 47.5. The van der Waals surface area contributed by atoms with Gasteiger partial charge in [0, 0.05) is 37.5 Å². The van der Waals surface area contributed by atoms with E-state index >= 15 is 9.59 Å². The number of fused-ring (bicyclic) bond motifs is 1. The standard InChI is InChI=1S/C55H70N2O3S8/c1-7-13-17-19-31-61-54-55(62-32-20-18-14-8-2)68-47(67-54)33-39-23-25-41(63-39)43-27-29-45(65-43)50-48-49(53(60)56(50)34-37(11-5)21-15-9-3)51(57(52(48)59)35-38(12-6)22-16-10-4)46-30-28-44(66-46)42-26-24-40(36-58)64-42/h23-30,33,36-38H,7-22,31-32,34-35H2,1-6H3. The maximum absolute atomic E-state index is 15.3. The lowest BCUT2D eigenvalue weighted by atomic mass is 9.98. The van der Waals surface area contributed by atoms with Gasteiger partial charge in [0.25, 0.3) is 11.8 Å². The summed E-state index contributed by atoms with van der Waals surface area (Å²) in [6.07, 6.45) is 22.1. The van der Waals surface area contributed by atoms with E-state index in [2.05, 4.69) is 108 Å². The normalized spacial score (nSPS) is 16.1. The van der Waals surface area contributed by atoms with Crippen molar-refractivity contribution in [2.24, 2.45) is 11.8 Å². The quantitative estimate of drug-likeness (QED) is 0.0381. The van der Waals surface area contributed by atoms with Crippen LogP contribution in [0.5, 0.6) is 0 Å². The first-order valence-electron chi connectivity index (χ1n) is 25.3. The first kappa shape index (κ1) is 53.6. The van der Waals surface area contributed by atoms with Gasteiger partial charge in [-0.2, -0.15) is 0 Å². The Bertz CT molecular complexity index is 2430. The highest BCUT2D eigenvalue weighted by molar-refractivity contribution is 8.40. The number of carbonyl (C=O) groups is 3. The van der Waals surface area contributed by atoms with Crippen molar-refractivity contribution in [3.63, 3.8) is 0 Å². The lowest BCUT2D eigenvalue weighted by Gasteiger charge is -2.29. The van der Waals surface area contributed by atoms with Gasteiger partial charge >= 0.3 is 0 Å². The SMILES string of the molecule is CCCCCCSC1=C(SCCCCCC)SC(=Cc2ccc(-c3ccc(C4=C5C(=O)N(CC(CC)CCCC)C(c6ccc(-c7ccc(C=O)s7)s6)=C5C(=O)N4CC(CC)CCCC)s3)s2)S1. The van der Waals surface area contributed by atoms with Crippen molar-refractivity contribution in [2.45, 2.75) is 144 Å². The number of thiophene rings is 4. The Kier molecular flexibility index (Phi) is 21.3. The number of rotatable bonds is 30. The van der Waals surface area contributed by atoms with Crippen LogP contribution in [-0.4, -0.2) is 52.5 Å². The summed E-state index contributed by atoms with van der Waals surface area (Å²) >= 11 is 14.7. The van der Waals surface area contributed by atoms with E-state index in [0.717, 1.165) is 93.4 Å². The Hall–Kier alpha value is -2.23. The molecular weight excluding hydrogens is 993 g/mol. The second kappa shape index (κ2) is 27.0. The molecule has 4 aromatic rings. The monoisotopic (exact) mass is 1060 g/mol. The predicted molar refractivity (Wildman–Crippen MR) is 308 cm³/mol. The minimum absolute atomic E-state index is 0.0520. The molecule has 366 valence electrons. The third-order valence-corrected chi connectivity index (χ3v) is 23.1. The third-order valence-electron chi connectivity index (χ3n) is 13.0. The zero-order chi connectivity index (χ0) is 48.0. The molecule has 5 nitrogen and oxygen atoms in total. The van der Waals surface area contributed by atoms with E-state index in [-0.39, 0.29) is 11.8 Å². The van der Waals surface area contributed by atoms with Gasteiger partial charge < -0.3 is 9.80 Å². The van der Waals surface area contributed by atoms with E-state index in [0.29, 0.717) is 40.9 Å². The summed E-state index contributed by atoms with van der Waals surface area (Å²) in [6, 6.07) is 16.9. The highest BCUT2D eigenvalue weighted by Crippen LogP contribution is 2.58. The number of thioether (sulfide) groups is 4. The summed E-state index contributed by atoms with van der Waals surface area (Å²) in [5.41, 5.74) is 2.68. The number of carbonyl (C=O) groups excluding carboxylic acids is 3. The first-order chi connectivity index (χ1) is 33.2. The fourth-order valence-corrected chi connectivity index (χ4v) is 19.1. The van der Waals surface area contributed by atoms with Crippen LogP contribution in [0.15, 0.2) is 72.4 Å². The van der Waals surface area contributed by atoms with Crippen molar-refractivity contribution in [1.29, 1.82) is 0 Å². The van der Waals surface area contributed by atoms with Crippen LogP contribution >= 0.6 is 92.4 Å². The van der Waals surface area contributed by atoms with Crippen LogP contribution in [-0.2, 0) is 9.59 Å². The molecule has 0 saturated heterocycles. The van der Waals surface area contributed by atoms with Crippen molar-refractivity contribution in [1.82, 2.24) is 9.80 Å². The van der Waals surface area contributed by atoms with Gasteiger partial charge in [0.15, 0.2) is 6.29 Å². The molecule has 7 rings (SSSR count). The Balaban J connectivity index is 1.22. The summed E-state index contributed by atoms with van der Waals surface area (Å²) in [5, 5.41) is 0. The molecule has 0 N–H and O–H groups in total. The molecule has 3 aliphatic heterocycles. The number of nitrogens with zero attached hydrogens (tertiary/aromatic N) is 2. The molecule has 7 heterocycles. The summed E-state index contributed by atoms with van der Waals surface area (Å²) in [5.74, 6) is 2.92. The van der Waals surface area contributed by atoms with E-state index in [1.165, 1.54) is 96.7 Å². The molecule has 3 aliphatic rings. The average molecular weight is 1060 g/mol. The molecule has 2 atom stereocenters. The first-order valence-corrected chi connectivity index (χ1v) is 32.2. The van der Waals surface area contributed by atoms with Gasteiger partial charge in [-0.05, 0) is 104 Å². The van der Waals surface area contributed by atoms with Crippen LogP contribution in [0.1, 0.15) is 169 Å². The molecule has 0 spiro atoms. The van der Waals surface area contributed by atoms with Gasteiger partial charge in [0.2, 0.25) is 0 Å². The Labute approximate surface area is 440 Å². The van der Waals surface area contributed by atoms with Crippen molar-refractivity contribution < 1.29 is 14.4 Å². The van der Waals surface area contributed by atoms with Gasteiger partial charge in [-0.3, -0.25) is 14.4 Å². The highest BCUT2D eigenvalue weighted by atomic mass is 32.3. The van der Waals surface area contributed by atoms with Gasteiger partial charge in [-0.15, -0.1) is 68.9 Å². The number of aldehydes is 1. The molecule has 68 heavy (non-hydrogen) atoms. The molecule has 0 fully saturated rings. The van der Waals surface area contributed by atoms with E-state index in [9.17, 15) is 4.79 Å². The molecule has 0 aromatic carbocycles. The fourth-order valence-electron chi connectivity index (χ4n) is 8.94. The third kappa shape index (κ3) is 13.2. The summed E-state index contributed by atoms with van der Waals surface area (Å²) in [4.78, 5) is 54.4. The molecule has 2 unspecified atom stereocenters. The summed E-state index contributed by atoms with van der Waals surface area (Å²) < 4.78 is 4.33. The van der Waals surface area contributed by atoms with Crippen LogP contribution in [0.2, 0.25) is 0 Å². The smallest absolute Gasteiger partial charge is 0.261 e. The maximum atomic E-state index is 15.3. The zero-order valence-electron chi connectivity index (χ0n) is 41.0. The van der Waals surface area contributed by atoms with Gasteiger partial charge in [0.05, 0.1) is 49.9 Å². The Morgan fingerprint density at radius 3 is 1.34 bits per heavy atom. The predicted octanol–water partition coefficient (Wildman–Crippen LogP) is 18.9. The summed E-state index contributed by atoms with van der Waals surface area (Å²) in [7, 11) is 0. The van der Waals surface area contributed by atoms with Crippen LogP contribution in [0, 0.1) is 11.8 Å². The fraction of sp³-hybridized carbons (Fsp3) is 0.509.